The fraction of sp³-hybridized carbons (Fsp3) is 0.444. The molecule has 0 unspecified atom stereocenters. The first-order valence-electron chi connectivity index (χ1n) is 3.58. The van der Waals surface area contributed by atoms with Crippen LogP contribution in [0.1, 0.15) is 20.3 Å². The summed E-state index contributed by atoms with van der Waals surface area (Å²) >= 11 is 0. The van der Waals surface area contributed by atoms with Crippen LogP contribution in [-0.4, -0.2) is 5.78 Å². The normalized spacial score (nSPS) is 24.2. The quantitative estimate of drug-likeness (QED) is 0.539. The first-order valence-corrected chi connectivity index (χ1v) is 3.58. The summed E-state index contributed by atoms with van der Waals surface area (Å²) in [4.78, 5) is 10.8. The van der Waals surface area contributed by atoms with Gasteiger partial charge in [0.2, 0.25) is 0 Å². The zero-order valence-corrected chi connectivity index (χ0v) is 6.42. The van der Waals surface area contributed by atoms with E-state index in [0.29, 0.717) is 5.92 Å². The van der Waals surface area contributed by atoms with Crippen molar-refractivity contribution in [1.29, 1.82) is 0 Å². The minimum Gasteiger partial charge on any atom is -0.295 e. The Morgan fingerprint density at radius 1 is 1.70 bits per heavy atom. The first kappa shape index (κ1) is 7.26. The van der Waals surface area contributed by atoms with E-state index in [1.54, 1.807) is 6.92 Å². The van der Waals surface area contributed by atoms with Crippen molar-refractivity contribution in [2.75, 3.05) is 0 Å². The SMILES string of the molecule is CC(=O)C1=CC=C[C@@H](C)C1. The van der Waals surface area contributed by atoms with Crippen molar-refractivity contribution < 1.29 is 4.79 Å². The summed E-state index contributed by atoms with van der Waals surface area (Å²) in [5.41, 5.74) is 0.954. The molecule has 0 aromatic carbocycles. The van der Waals surface area contributed by atoms with Gasteiger partial charge in [-0.3, -0.25) is 4.79 Å². The number of rotatable bonds is 1. The molecule has 1 aliphatic carbocycles. The molecule has 0 saturated carbocycles. The van der Waals surface area contributed by atoms with Crippen molar-refractivity contribution >= 4 is 5.78 Å². The number of carbonyl (C=O) groups is 1. The third-order valence-corrected chi connectivity index (χ3v) is 1.73. The average Bonchev–Trinajstić information content (AvgIpc) is 1.88. The first-order chi connectivity index (χ1) is 4.70. The molecule has 1 aliphatic rings. The highest BCUT2D eigenvalue weighted by Crippen LogP contribution is 2.17. The predicted molar refractivity (Wildman–Crippen MR) is 41.7 cm³/mol. The lowest BCUT2D eigenvalue weighted by atomic mass is 9.94. The van der Waals surface area contributed by atoms with Gasteiger partial charge in [0, 0.05) is 0 Å². The Kier molecular flexibility index (Phi) is 2.05. The van der Waals surface area contributed by atoms with Crippen LogP contribution in [0.3, 0.4) is 0 Å². The molecule has 0 amide bonds. The van der Waals surface area contributed by atoms with E-state index in [4.69, 9.17) is 0 Å². The Bertz CT molecular complexity index is 199. The maximum absolute atomic E-state index is 10.8. The molecule has 1 rings (SSSR count). The molecular weight excluding hydrogens is 124 g/mol. The number of hydrogen-bond donors (Lipinski definition) is 0. The summed E-state index contributed by atoms with van der Waals surface area (Å²) in [6.45, 7) is 3.74. The lowest BCUT2D eigenvalue weighted by Gasteiger charge is -2.10. The maximum Gasteiger partial charge on any atom is 0.155 e. The van der Waals surface area contributed by atoms with Gasteiger partial charge in [-0.25, -0.2) is 0 Å². The van der Waals surface area contributed by atoms with Crippen LogP contribution in [-0.2, 0) is 4.79 Å². The Balaban J connectivity index is 2.71. The molecule has 0 aliphatic heterocycles. The van der Waals surface area contributed by atoms with Gasteiger partial charge in [-0.05, 0) is 24.8 Å². The van der Waals surface area contributed by atoms with E-state index < -0.39 is 0 Å². The smallest absolute Gasteiger partial charge is 0.155 e. The van der Waals surface area contributed by atoms with Crippen molar-refractivity contribution in [1.82, 2.24) is 0 Å². The van der Waals surface area contributed by atoms with Crippen molar-refractivity contribution in [2.24, 2.45) is 5.92 Å². The topological polar surface area (TPSA) is 17.1 Å². The van der Waals surface area contributed by atoms with Gasteiger partial charge in [0.25, 0.3) is 0 Å². The van der Waals surface area contributed by atoms with E-state index in [-0.39, 0.29) is 5.78 Å². The fourth-order valence-corrected chi connectivity index (χ4v) is 1.11. The van der Waals surface area contributed by atoms with Gasteiger partial charge in [0.1, 0.15) is 0 Å². The molecule has 0 aromatic heterocycles. The lowest BCUT2D eigenvalue weighted by molar-refractivity contribution is -0.113. The number of ketones is 1. The molecule has 1 atom stereocenters. The molecule has 1 nitrogen and oxygen atoms in total. The minimum absolute atomic E-state index is 0.205. The molecule has 0 saturated heterocycles. The Hall–Kier alpha value is -0.850. The van der Waals surface area contributed by atoms with Gasteiger partial charge in [-0.15, -0.1) is 0 Å². The molecule has 10 heavy (non-hydrogen) atoms. The van der Waals surface area contributed by atoms with Gasteiger partial charge < -0.3 is 0 Å². The van der Waals surface area contributed by atoms with E-state index in [1.807, 2.05) is 12.2 Å². The number of hydrogen-bond acceptors (Lipinski definition) is 1. The second-order valence-corrected chi connectivity index (χ2v) is 2.81. The van der Waals surface area contributed by atoms with Crippen LogP contribution < -0.4 is 0 Å². The third-order valence-electron chi connectivity index (χ3n) is 1.73. The zero-order valence-electron chi connectivity index (χ0n) is 6.42. The standard InChI is InChI=1S/C9H12O/c1-7-4-3-5-9(6-7)8(2)10/h3-5,7H,6H2,1-2H3/t7-/m1/s1. The van der Waals surface area contributed by atoms with E-state index in [9.17, 15) is 4.79 Å². The molecule has 0 N–H and O–H groups in total. The van der Waals surface area contributed by atoms with Crippen molar-refractivity contribution in [3.63, 3.8) is 0 Å². The second-order valence-electron chi connectivity index (χ2n) is 2.81. The molecule has 1 heteroatoms. The lowest BCUT2D eigenvalue weighted by Crippen LogP contribution is -2.04. The van der Waals surface area contributed by atoms with Gasteiger partial charge in [0.15, 0.2) is 5.78 Å². The molecule has 0 aromatic rings. The fourth-order valence-electron chi connectivity index (χ4n) is 1.11. The van der Waals surface area contributed by atoms with Crippen molar-refractivity contribution in [3.05, 3.63) is 23.8 Å². The summed E-state index contributed by atoms with van der Waals surface area (Å²) in [5.74, 6) is 0.736. The van der Waals surface area contributed by atoms with Crippen LogP contribution >= 0.6 is 0 Å². The number of allylic oxidation sites excluding steroid dienone is 4. The van der Waals surface area contributed by atoms with Crippen molar-refractivity contribution in [3.8, 4) is 0 Å². The third kappa shape index (κ3) is 1.56. The highest BCUT2D eigenvalue weighted by Gasteiger charge is 2.09. The predicted octanol–water partition coefficient (Wildman–Crippen LogP) is 2.10. The second kappa shape index (κ2) is 2.82. The van der Waals surface area contributed by atoms with E-state index in [2.05, 4.69) is 13.0 Å². The van der Waals surface area contributed by atoms with E-state index in [1.165, 1.54) is 0 Å². The van der Waals surface area contributed by atoms with E-state index in [0.717, 1.165) is 12.0 Å². The van der Waals surface area contributed by atoms with E-state index >= 15 is 0 Å². The number of Topliss-reactive ketones (excluding diaryl/α,β-unsaturated/α-hetero) is 1. The van der Waals surface area contributed by atoms with Gasteiger partial charge in [0.05, 0.1) is 0 Å². The van der Waals surface area contributed by atoms with Crippen LogP contribution in [0, 0.1) is 5.92 Å². The highest BCUT2D eigenvalue weighted by molar-refractivity contribution is 5.93. The average molecular weight is 136 g/mol. The van der Waals surface area contributed by atoms with Crippen LogP contribution in [0.15, 0.2) is 23.8 Å². The molecule has 0 bridgehead atoms. The van der Waals surface area contributed by atoms with Gasteiger partial charge in [-0.1, -0.05) is 25.2 Å². The molecular formula is C9H12O. The van der Waals surface area contributed by atoms with Crippen LogP contribution in [0.2, 0.25) is 0 Å². The van der Waals surface area contributed by atoms with Crippen LogP contribution in [0.25, 0.3) is 0 Å². The summed E-state index contributed by atoms with van der Waals surface area (Å²) in [6, 6.07) is 0. The Labute approximate surface area is 61.4 Å². The molecule has 0 heterocycles. The Morgan fingerprint density at radius 3 is 2.80 bits per heavy atom. The minimum atomic E-state index is 0.205. The maximum atomic E-state index is 10.8. The highest BCUT2D eigenvalue weighted by atomic mass is 16.1. The zero-order chi connectivity index (χ0) is 7.56. The summed E-state index contributed by atoms with van der Waals surface area (Å²) in [6.07, 6.45) is 6.89. The summed E-state index contributed by atoms with van der Waals surface area (Å²) in [5, 5.41) is 0. The monoisotopic (exact) mass is 136 g/mol. The van der Waals surface area contributed by atoms with Gasteiger partial charge in [-0.2, -0.15) is 0 Å². The molecule has 0 fully saturated rings. The largest absolute Gasteiger partial charge is 0.295 e. The molecule has 0 spiro atoms. The van der Waals surface area contributed by atoms with Gasteiger partial charge >= 0.3 is 0 Å². The van der Waals surface area contributed by atoms with Crippen LogP contribution in [0.5, 0.6) is 0 Å². The van der Waals surface area contributed by atoms with Crippen molar-refractivity contribution in [2.45, 2.75) is 20.3 Å². The molecule has 0 radical (unpaired) electrons. The Morgan fingerprint density at radius 2 is 2.40 bits per heavy atom. The van der Waals surface area contributed by atoms with Crippen LogP contribution in [0.4, 0.5) is 0 Å². The molecule has 54 valence electrons. The summed E-state index contributed by atoms with van der Waals surface area (Å²) < 4.78 is 0. The number of carbonyl (C=O) groups excluding carboxylic acids is 1. The summed E-state index contributed by atoms with van der Waals surface area (Å²) in [7, 11) is 0.